The Morgan fingerprint density at radius 1 is 1.40 bits per heavy atom. The predicted molar refractivity (Wildman–Crippen MR) is 85.1 cm³/mol. The van der Waals surface area contributed by atoms with Crippen LogP contribution >= 0.6 is 12.4 Å². The van der Waals surface area contributed by atoms with Crippen molar-refractivity contribution in [3.05, 3.63) is 30.3 Å². The minimum atomic E-state index is 0. The van der Waals surface area contributed by atoms with Gasteiger partial charge in [0.05, 0.1) is 6.54 Å². The van der Waals surface area contributed by atoms with Crippen LogP contribution in [0, 0.1) is 5.92 Å². The first-order valence-corrected chi connectivity index (χ1v) is 6.98. The molecule has 0 aromatic heterocycles. The van der Waals surface area contributed by atoms with Crippen LogP contribution in [0.25, 0.3) is 0 Å². The van der Waals surface area contributed by atoms with Crippen molar-refractivity contribution in [2.45, 2.75) is 25.8 Å². The van der Waals surface area contributed by atoms with E-state index in [1.165, 1.54) is 0 Å². The van der Waals surface area contributed by atoms with Gasteiger partial charge in [-0.1, -0.05) is 25.1 Å². The summed E-state index contributed by atoms with van der Waals surface area (Å²) in [7, 11) is 0. The number of anilines is 1. The Labute approximate surface area is 127 Å². The summed E-state index contributed by atoms with van der Waals surface area (Å²) in [6.45, 7) is 4.28. The molecule has 0 saturated carbocycles. The van der Waals surface area contributed by atoms with Gasteiger partial charge in [0, 0.05) is 18.3 Å². The fourth-order valence-electron chi connectivity index (χ4n) is 2.66. The molecule has 2 rings (SSSR count). The highest BCUT2D eigenvalue weighted by molar-refractivity contribution is 5.92. The first-order valence-electron chi connectivity index (χ1n) is 6.98. The fourth-order valence-corrected chi connectivity index (χ4v) is 2.66. The summed E-state index contributed by atoms with van der Waals surface area (Å²) in [6.07, 6.45) is 2.24. The lowest BCUT2D eigenvalue weighted by Crippen LogP contribution is -2.49. The number of likely N-dealkylation sites (tertiary alicyclic amines) is 1. The predicted octanol–water partition coefficient (Wildman–Crippen LogP) is 2.11. The molecule has 20 heavy (non-hydrogen) atoms. The van der Waals surface area contributed by atoms with E-state index in [1.807, 2.05) is 30.3 Å². The average Bonchev–Trinajstić information content (AvgIpc) is 2.42. The fraction of sp³-hybridized carbons (Fsp3) is 0.533. The molecule has 4 nitrogen and oxygen atoms in total. The summed E-state index contributed by atoms with van der Waals surface area (Å²) < 4.78 is 0. The zero-order valence-electron chi connectivity index (χ0n) is 11.9. The van der Waals surface area contributed by atoms with Gasteiger partial charge in [0.2, 0.25) is 5.91 Å². The molecule has 1 heterocycles. The molecule has 1 amide bonds. The number of nitrogens with two attached hydrogens (primary N) is 1. The summed E-state index contributed by atoms with van der Waals surface area (Å²) in [6, 6.07) is 9.91. The quantitative estimate of drug-likeness (QED) is 0.895. The molecule has 0 radical (unpaired) electrons. The number of carbonyl (C=O) groups excluding carboxylic acids is 1. The van der Waals surface area contributed by atoms with Crippen LogP contribution in [0.2, 0.25) is 0 Å². The Kier molecular flexibility index (Phi) is 6.99. The van der Waals surface area contributed by atoms with Crippen molar-refractivity contribution in [3.63, 3.8) is 0 Å². The molecular formula is C15H24ClN3O. The number of halogens is 1. The van der Waals surface area contributed by atoms with E-state index in [0.29, 0.717) is 25.0 Å². The Morgan fingerprint density at radius 2 is 2.10 bits per heavy atom. The second-order valence-electron chi connectivity index (χ2n) is 5.40. The highest BCUT2D eigenvalue weighted by atomic mass is 35.5. The molecular weight excluding hydrogens is 274 g/mol. The molecule has 112 valence electrons. The summed E-state index contributed by atoms with van der Waals surface area (Å²) in [5, 5.41) is 2.92. The van der Waals surface area contributed by atoms with Crippen LogP contribution in [-0.4, -0.2) is 36.5 Å². The highest BCUT2D eigenvalue weighted by Gasteiger charge is 2.26. The first kappa shape index (κ1) is 17.0. The van der Waals surface area contributed by atoms with Crippen molar-refractivity contribution in [2.75, 3.05) is 25.0 Å². The second-order valence-corrected chi connectivity index (χ2v) is 5.40. The van der Waals surface area contributed by atoms with Crippen LogP contribution in [-0.2, 0) is 4.79 Å². The normalized spacial score (nSPS) is 22.9. The standard InChI is InChI=1S/C15H23N3O.ClH/c1-12-7-8-18(14(9-12)10-16)11-15(19)17-13-5-3-2-4-6-13;/h2-6,12,14H,7-11,16H2,1H3,(H,17,19);1H. The minimum Gasteiger partial charge on any atom is -0.329 e. The minimum absolute atomic E-state index is 0. The molecule has 0 spiro atoms. The van der Waals surface area contributed by atoms with Gasteiger partial charge in [0.25, 0.3) is 0 Å². The van der Waals surface area contributed by atoms with Gasteiger partial charge in [-0.15, -0.1) is 12.4 Å². The number of hydrogen-bond acceptors (Lipinski definition) is 3. The summed E-state index contributed by atoms with van der Waals surface area (Å²) in [5.74, 6) is 0.751. The lowest BCUT2D eigenvalue weighted by Gasteiger charge is -2.37. The molecule has 1 aliphatic heterocycles. The van der Waals surface area contributed by atoms with Gasteiger partial charge in [-0.2, -0.15) is 0 Å². The van der Waals surface area contributed by atoms with E-state index in [0.717, 1.165) is 25.1 Å². The van der Waals surface area contributed by atoms with Crippen molar-refractivity contribution in [1.82, 2.24) is 4.90 Å². The number of amides is 1. The second kappa shape index (κ2) is 8.25. The maximum absolute atomic E-state index is 12.0. The maximum atomic E-state index is 12.0. The first-order chi connectivity index (χ1) is 9.19. The van der Waals surface area contributed by atoms with Gasteiger partial charge < -0.3 is 11.1 Å². The number of piperidine rings is 1. The van der Waals surface area contributed by atoms with Crippen molar-refractivity contribution in [2.24, 2.45) is 11.7 Å². The van der Waals surface area contributed by atoms with E-state index < -0.39 is 0 Å². The lowest BCUT2D eigenvalue weighted by atomic mass is 9.92. The van der Waals surface area contributed by atoms with Crippen LogP contribution in [0.3, 0.4) is 0 Å². The Hall–Kier alpha value is -1.10. The number of rotatable bonds is 4. The average molecular weight is 298 g/mol. The zero-order valence-corrected chi connectivity index (χ0v) is 12.7. The molecule has 1 fully saturated rings. The summed E-state index contributed by atoms with van der Waals surface area (Å²) in [4.78, 5) is 14.2. The zero-order chi connectivity index (χ0) is 13.7. The van der Waals surface area contributed by atoms with Gasteiger partial charge in [0.1, 0.15) is 0 Å². The number of hydrogen-bond donors (Lipinski definition) is 2. The monoisotopic (exact) mass is 297 g/mol. The SMILES string of the molecule is CC1CCN(CC(=O)Nc2ccccc2)C(CN)C1.Cl. The van der Waals surface area contributed by atoms with E-state index in [-0.39, 0.29) is 18.3 Å². The molecule has 0 bridgehead atoms. The number of para-hydroxylation sites is 1. The molecule has 1 aromatic carbocycles. The van der Waals surface area contributed by atoms with Crippen LogP contribution in [0.15, 0.2) is 30.3 Å². The summed E-state index contributed by atoms with van der Waals surface area (Å²) in [5.41, 5.74) is 6.66. The van der Waals surface area contributed by atoms with Crippen LogP contribution < -0.4 is 11.1 Å². The van der Waals surface area contributed by atoms with E-state index >= 15 is 0 Å². The molecule has 2 unspecified atom stereocenters. The Morgan fingerprint density at radius 3 is 2.75 bits per heavy atom. The third kappa shape index (κ3) is 4.78. The van der Waals surface area contributed by atoms with Gasteiger partial charge >= 0.3 is 0 Å². The highest BCUT2D eigenvalue weighted by Crippen LogP contribution is 2.21. The topological polar surface area (TPSA) is 58.4 Å². The number of nitrogens with one attached hydrogen (secondary N) is 1. The molecule has 1 aliphatic rings. The van der Waals surface area contributed by atoms with E-state index in [4.69, 9.17) is 5.73 Å². The van der Waals surface area contributed by atoms with E-state index in [2.05, 4.69) is 17.1 Å². The Balaban J connectivity index is 0.00000200. The smallest absolute Gasteiger partial charge is 0.238 e. The maximum Gasteiger partial charge on any atom is 0.238 e. The van der Waals surface area contributed by atoms with Crippen molar-refractivity contribution in [3.8, 4) is 0 Å². The van der Waals surface area contributed by atoms with Crippen LogP contribution in [0.4, 0.5) is 5.69 Å². The van der Waals surface area contributed by atoms with Crippen molar-refractivity contribution in [1.29, 1.82) is 0 Å². The number of nitrogens with zero attached hydrogens (tertiary/aromatic N) is 1. The van der Waals surface area contributed by atoms with Crippen LogP contribution in [0.5, 0.6) is 0 Å². The van der Waals surface area contributed by atoms with Crippen molar-refractivity contribution < 1.29 is 4.79 Å². The summed E-state index contributed by atoms with van der Waals surface area (Å²) >= 11 is 0. The largest absolute Gasteiger partial charge is 0.329 e. The van der Waals surface area contributed by atoms with Crippen LogP contribution in [0.1, 0.15) is 19.8 Å². The molecule has 1 aromatic rings. The van der Waals surface area contributed by atoms with E-state index in [1.54, 1.807) is 0 Å². The number of benzene rings is 1. The molecule has 5 heteroatoms. The molecule has 3 N–H and O–H groups in total. The third-order valence-electron chi connectivity index (χ3n) is 3.78. The Bertz CT molecular complexity index is 413. The number of carbonyl (C=O) groups is 1. The van der Waals surface area contributed by atoms with Gasteiger partial charge in [0.15, 0.2) is 0 Å². The van der Waals surface area contributed by atoms with Gasteiger partial charge in [-0.25, -0.2) is 0 Å². The van der Waals surface area contributed by atoms with Crippen molar-refractivity contribution >= 4 is 24.0 Å². The third-order valence-corrected chi connectivity index (χ3v) is 3.78. The lowest BCUT2D eigenvalue weighted by molar-refractivity contribution is -0.118. The molecule has 1 saturated heterocycles. The van der Waals surface area contributed by atoms with Gasteiger partial charge in [-0.3, -0.25) is 9.69 Å². The van der Waals surface area contributed by atoms with Gasteiger partial charge in [-0.05, 0) is 37.4 Å². The molecule has 2 atom stereocenters. The van der Waals surface area contributed by atoms with E-state index in [9.17, 15) is 4.79 Å². The molecule has 0 aliphatic carbocycles.